The first-order valence-corrected chi connectivity index (χ1v) is 7.12. The highest BCUT2D eigenvalue weighted by Gasteiger charge is 2.09. The van der Waals surface area contributed by atoms with Crippen LogP contribution in [0.4, 0.5) is 5.69 Å². The molecule has 0 fully saturated rings. The van der Waals surface area contributed by atoms with E-state index < -0.39 is 0 Å². The average Bonchev–Trinajstić information content (AvgIpc) is 2.39. The quantitative estimate of drug-likeness (QED) is 0.862. The molecule has 1 N–H and O–H groups in total. The molecule has 1 aromatic heterocycles. The Morgan fingerprint density at radius 1 is 1.15 bits per heavy atom. The van der Waals surface area contributed by atoms with Gasteiger partial charge in [0.2, 0.25) is 5.88 Å². The Morgan fingerprint density at radius 2 is 1.85 bits per heavy atom. The van der Waals surface area contributed by atoms with Gasteiger partial charge in [0, 0.05) is 28.4 Å². The third-order valence-corrected chi connectivity index (χ3v) is 3.34. The first kappa shape index (κ1) is 14.9. The number of benzene rings is 1. The van der Waals surface area contributed by atoms with E-state index in [0.717, 1.165) is 11.3 Å². The predicted molar refractivity (Wildman–Crippen MR) is 83.8 cm³/mol. The van der Waals surface area contributed by atoms with Crippen LogP contribution in [0.5, 0.6) is 5.88 Å². The van der Waals surface area contributed by atoms with Crippen LogP contribution in [0.15, 0.2) is 36.5 Å². The van der Waals surface area contributed by atoms with Crippen molar-refractivity contribution in [1.29, 1.82) is 0 Å². The summed E-state index contributed by atoms with van der Waals surface area (Å²) in [6, 6.07) is 9.23. The third kappa shape index (κ3) is 3.78. The van der Waals surface area contributed by atoms with E-state index >= 15 is 0 Å². The summed E-state index contributed by atoms with van der Waals surface area (Å²) >= 11 is 12.3. The summed E-state index contributed by atoms with van der Waals surface area (Å²) in [5.74, 6) is 0.575. The minimum absolute atomic E-state index is 0.0642. The number of hydrogen-bond donors (Lipinski definition) is 1. The van der Waals surface area contributed by atoms with E-state index in [1.54, 1.807) is 6.20 Å². The largest absolute Gasteiger partial charge is 0.473 e. The van der Waals surface area contributed by atoms with E-state index in [4.69, 9.17) is 27.9 Å². The molecular formula is C15H16Cl2N2O. The third-order valence-electron chi connectivity index (χ3n) is 2.64. The normalized spacial score (nSPS) is 10.7. The fraction of sp³-hybridized carbons (Fsp3) is 0.267. The summed E-state index contributed by atoms with van der Waals surface area (Å²) in [6.07, 6.45) is 1.76. The molecule has 0 spiro atoms. The molecule has 0 aliphatic rings. The van der Waals surface area contributed by atoms with E-state index in [0.29, 0.717) is 22.5 Å². The summed E-state index contributed by atoms with van der Waals surface area (Å²) in [5, 5.41) is 4.54. The van der Waals surface area contributed by atoms with E-state index in [-0.39, 0.29) is 6.10 Å². The fourth-order valence-corrected chi connectivity index (χ4v) is 2.26. The molecule has 0 amide bonds. The van der Waals surface area contributed by atoms with Crippen LogP contribution >= 0.6 is 23.2 Å². The van der Waals surface area contributed by atoms with Gasteiger partial charge in [-0.05, 0) is 38.1 Å². The zero-order valence-electron chi connectivity index (χ0n) is 11.4. The minimum Gasteiger partial charge on any atom is -0.473 e. The van der Waals surface area contributed by atoms with Gasteiger partial charge < -0.3 is 10.1 Å². The number of halogens is 2. The van der Waals surface area contributed by atoms with Gasteiger partial charge in [0.1, 0.15) is 0 Å². The molecule has 0 radical (unpaired) electrons. The van der Waals surface area contributed by atoms with Gasteiger partial charge in [-0.3, -0.25) is 0 Å². The summed E-state index contributed by atoms with van der Waals surface area (Å²) < 4.78 is 5.65. The van der Waals surface area contributed by atoms with Gasteiger partial charge in [0.15, 0.2) is 0 Å². The van der Waals surface area contributed by atoms with Crippen molar-refractivity contribution in [3.05, 3.63) is 52.1 Å². The summed E-state index contributed by atoms with van der Waals surface area (Å²) in [4.78, 5) is 4.23. The van der Waals surface area contributed by atoms with Crippen molar-refractivity contribution in [2.45, 2.75) is 26.5 Å². The maximum atomic E-state index is 6.15. The van der Waals surface area contributed by atoms with E-state index in [1.807, 2.05) is 44.2 Å². The van der Waals surface area contributed by atoms with E-state index in [1.165, 1.54) is 0 Å². The second kappa shape index (κ2) is 6.82. The second-order valence-electron chi connectivity index (χ2n) is 4.58. The Bertz CT molecular complexity index is 568. The van der Waals surface area contributed by atoms with Crippen molar-refractivity contribution < 1.29 is 4.74 Å². The first-order valence-electron chi connectivity index (χ1n) is 6.36. The van der Waals surface area contributed by atoms with Crippen LogP contribution in [-0.2, 0) is 6.54 Å². The highest BCUT2D eigenvalue weighted by Crippen LogP contribution is 2.27. The molecule has 0 bridgehead atoms. The van der Waals surface area contributed by atoms with Crippen molar-refractivity contribution in [3.8, 4) is 5.88 Å². The monoisotopic (exact) mass is 310 g/mol. The minimum atomic E-state index is 0.0642. The molecule has 20 heavy (non-hydrogen) atoms. The number of nitrogens with one attached hydrogen (secondary N) is 1. The van der Waals surface area contributed by atoms with Crippen LogP contribution in [-0.4, -0.2) is 11.1 Å². The van der Waals surface area contributed by atoms with Crippen LogP contribution < -0.4 is 10.1 Å². The molecule has 5 heteroatoms. The molecular weight excluding hydrogens is 295 g/mol. The highest BCUT2D eigenvalue weighted by molar-refractivity contribution is 6.36. The van der Waals surface area contributed by atoms with Gasteiger partial charge in [-0.15, -0.1) is 0 Å². The topological polar surface area (TPSA) is 34.1 Å². The van der Waals surface area contributed by atoms with E-state index in [2.05, 4.69) is 10.3 Å². The molecule has 0 saturated carbocycles. The van der Waals surface area contributed by atoms with Gasteiger partial charge in [0.25, 0.3) is 0 Å². The number of ether oxygens (including phenoxy) is 1. The van der Waals surface area contributed by atoms with Crippen molar-refractivity contribution in [2.24, 2.45) is 0 Å². The Kier molecular flexibility index (Phi) is 5.10. The molecule has 1 aromatic carbocycles. The van der Waals surface area contributed by atoms with Crippen LogP contribution in [0.25, 0.3) is 0 Å². The SMILES string of the molecule is CC(C)Oc1ncccc1NCc1c(Cl)cccc1Cl. The first-order chi connectivity index (χ1) is 9.58. The highest BCUT2D eigenvalue weighted by atomic mass is 35.5. The van der Waals surface area contributed by atoms with Crippen LogP contribution in [0, 0.1) is 0 Å². The van der Waals surface area contributed by atoms with Crippen molar-refractivity contribution in [3.63, 3.8) is 0 Å². The number of anilines is 1. The summed E-state index contributed by atoms with van der Waals surface area (Å²) in [7, 11) is 0. The molecule has 0 aliphatic carbocycles. The lowest BCUT2D eigenvalue weighted by molar-refractivity contribution is 0.234. The molecule has 2 rings (SSSR count). The fourth-order valence-electron chi connectivity index (χ4n) is 1.73. The van der Waals surface area contributed by atoms with Crippen LogP contribution in [0.1, 0.15) is 19.4 Å². The van der Waals surface area contributed by atoms with Gasteiger partial charge in [-0.25, -0.2) is 4.98 Å². The maximum Gasteiger partial charge on any atom is 0.237 e. The van der Waals surface area contributed by atoms with Gasteiger partial charge in [-0.2, -0.15) is 0 Å². The number of pyridine rings is 1. The lowest BCUT2D eigenvalue weighted by Crippen LogP contribution is -2.10. The Morgan fingerprint density at radius 3 is 2.50 bits per heavy atom. The molecule has 0 atom stereocenters. The Hall–Kier alpha value is -1.45. The van der Waals surface area contributed by atoms with Crippen LogP contribution in [0.3, 0.4) is 0 Å². The molecule has 0 aliphatic heterocycles. The van der Waals surface area contributed by atoms with E-state index in [9.17, 15) is 0 Å². The van der Waals surface area contributed by atoms with Crippen molar-refractivity contribution >= 4 is 28.9 Å². The molecule has 1 heterocycles. The van der Waals surface area contributed by atoms with Crippen LogP contribution in [0.2, 0.25) is 10.0 Å². The van der Waals surface area contributed by atoms with Crippen molar-refractivity contribution in [1.82, 2.24) is 4.98 Å². The summed E-state index contributed by atoms with van der Waals surface area (Å²) in [5.41, 5.74) is 1.67. The molecule has 0 saturated heterocycles. The zero-order valence-corrected chi connectivity index (χ0v) is 12.9. The zero-order chi connectivity index (χ0) is 14.5. The smallest absolute Gasteiger partial charge is 0.237 e. The summed E-state index contributed by atoms with van der Waals surface area (Å²) in [6.45, 7) is 4.44. The lowest BCUT2D eigenvalue weighted by atomic mass is 10.2. The second-order valence-corrected chi connectivity index (χ2v) is 5.39. The average molecular weight is 311 g/mol. The number of hydrogen-bond acceptors (Lipinski definition) is 3. The van der Waals surface area contributed by atoms with Gasteiger partial charge in [-0.1, -0.05) is 29.3 Å². The Labute approximate surface area is 128 Å². The number of rotatable bonds is 5. The van der Waals surface area contributed by atoms with Gasteiger partial charge in [0.05, 0.1) is 11.8 Å². The van der Waals surface area contributed by atoms with Crippen molar-refractivity contribution in [2.75, 3.05) is 5.32 Å². The molecule has 0 unspecified atom stereocenters. The molecule has 3 nitrogen and oxygen atoms in total. The standard InChI is InChI=1S/C15H16Cl2N2O/c1-10(2)20-15-14(7-4-8-18-15)19-9-11-12(16)5-3-6-13(11)17/h3-8,10,19H,9H2,1-2H3. The number of aromatic nitrogens is 1. The maximum absolute atomic E-state index is 6.15. The number of nitrogens with zero attached hydrogens (tertiary/aromatic N) is 1. The molecule has 106 valence electrons. The van der Waals surface area contributed by atoms with Gasteiger partial charge >= 0.3 is 0 Å². The Balaban J connectivity index is 2.15. The lowest BCUT2D eigenvalue weighted by Gasteiger charge is -2.15. The predicted octanol–water partition coefficient (Wildman–Crippen LogP) is 4.79. The molecule has 2 aromatic rings.